The van der Waals surface area contributed by atoms with Gasteiger partial charge in [-0.15, -0.1) is 0 Å². The van der Waals surface area contributed by atoms with Crippen LogP contribution >= 0.6 is 0 Å². The number of nitrogens with zero attached hydrogens (tertiary/aromatic N) is 2. The molecule has 0 bridgehead atoms. The van der Waals surface area contributed by atoms with Crippen LogP contribution in [0.5, 0.6) is 5.75 Å². The number of benzene rings is 1. The van der Waals surface area contributed by atoms with Crippen molar-refractivity contribution in [3.8, 4) is 5.75 Å². The molecular formula is C19H29N3O4. The fourth-order valence-electron chi connectivity index (χ4n) is 3.76. The Morgan fingerprint density at radius 1 is 1.15 bits per heavy atom. The molecule has 3 N–H and O–H groups in total. The van der Waals surface area contributed by atoms with Crippen LogP contribution < -0.4 is 10.1 Å². The van der Waals surface area contributed by atoms with Crippen LogP contribution in [0.4, 0.5) is 0 Å². The van der Waals surface area contributed by atoms with Gasteiger partial charge in [0, 0.05) is 38.8 Å². The van der Waals surface area contributed by atoms with Crippen LogP contribution in [0.2, 0.25) is 0 Å². The molecule has 7 nitrogen and oxygen atoms in total. The minimum absolute atomic E-state index is 0.358. The molecule has 2 saturated heterocycles. The number of carbonyl (C=O) groups is 1. The molecule has 2 heterocycles. The lowest BCUT2D eigenvalue weighted by Gasteiger charge is -2.41. The Labute approximate surface area is 154 Å². The molecule has 26 heavy (non-hydrogen) atoms. The summed E-state index contributed by atoms with van der Waals surface area (Å²) in [5, 5.41) is 22.5. The van der Waals surface area contributed by atoms with E-state index in [1.807, 2.05) is 0 Å². The molecule has 0 spiro atoms. The fourth-order valence-corrected chi connectivity index (χ4v) is 3.76. The monoisotopic (exact) mass is 363 g/mol. The van der Waals surface area contributed by atoms with E-state index in [-0.39, 0.29) is 6.61 Å². The molecule has 144 valence electrons. The normalized spacial score (nSPS) is 21.4. The zero-order valence-corrected chi connectivity index (χ0v) is 15.1. The number of aliphatic hydroxyl groups is 1. The zero-order chi connectivity index (χ0) is 18.4. The van der Waals surface area contributed by atoms with E-state index in [1.54, 1.807) is 24.3 Å². The number of aliphatic hydroxyl groups excluding tert-OH is 1. The number of hydrogen-bond acceptors (Lipinski definition) is 6. The number of nitrogens with one attached hydrogen (secondary N) is 1. The topological polar surface area (TPSA) is 85.3 Å². The van der Waals surface area contributed by atoms with Crippen molar-refractivity contribution in [3.05, 3.63) is 29.8 Å². The van der Waals surface area contributed by atoms with Gasteiger partial charge in [0.1, 0.15) is 5.75 Å². The summed E-state index contributed by atoms with van der Waals surface area (Å²) in [6.45, 7) is 6.62. The molecular weight excluding hydrogens is 334 g/mol. The van der Waals surface area contributed by atoms with E-state index in [0.29, 0.717) is 18.3 Å². The highest BCUT2D eigenvalue weighted by molar-refractivity contribution is 5.68. The van der Waals surface area contributed by atoms with Gasteiger partial charge in [0.2, 0.25) is 0 Å². The number of piperazine rings is 1. The van der Waals surface area contributed by atoms with Gasteiger partial charge in [0.25, 0.3) is 0 Å². The standard InChI is InChI=1S/C19H29N3O4/c23-18(15-1-3-17(4-2-15)26-14-19(24)25)13-21-9-11-22(12-10-21)16-5-7-20-8-6-16/h1-4,16,18,20,23H,5-14H2,(H,24,25). The zero-order valence-electron chi connectivity index (χ0n) is 15.1. The third-order valence-corrected chi connectivity index (χ3v) is 5.29. The molecule has 2 aliphatic rings. The molecule has 0 radical (unpaired) electrons. The highest BCUT2D eigenvalue weighted by Gasteiger charge is 2.26. The van der Waals surface area contributed by atoms with Crippen molar-refractivity contribution in [2.75, 3.05) is 52.4 Å². The molecule has 7 heteroatoms. The quantitative estimate of drug-likeness (QED) is 0.652. The van der Waals surface area contributed by atoms with Crippen LogP contribution in [-0.4, -0.2) is 84.4 Å². The minimum Gasteiger partial charge on any atom is -0.482 e. The third kappa shape index (κ3) is 5.41. The molecule has 0 saturated carbocycles. The minimum atomic E-state index is -1.00. The lowest BCUT2D eigenvalue weighted by Crippen LogP contribution is -2.53. The van der Waals surface area contributed by atoms with Crippen LogP contribution in [0.1, 0.15) is 24.5 Å². The highest BCUT2D eigenvalue weighted by Crippen LogP contribution is 2.20. The van der Waals surface area contributed by atoms with Gasteiger partial charge >= 0.3 is 5.97 Å². The molecule has 0 aromatic heterocycles. The van der Waals surface area contributed by atoms with Crippen molar-refractivity contribution in [1.82, 2.24) is 15.1 Å². The Morgan fingerprint density at radius 3 is 2.42 bits per heavy atom. The summed E-state index contributed by atoms with van der Waals surface area (Å²) >= 11 is 0. The van der Waals surface area contributed by atoms with Gasteiger partial charge in [-0.25, -0.2) is 4.79 Å². The molecule has 1 unspecified atom stereocenters. The van der Waals surface area contributed by atoms with Crippen molar-refractivity contribution in [3.63, 3.8) is 0 Å². The first-order valence-electron chi connectivity index (χ1n) is 9.41. The van der Waals surface area contributed by atoms with Crippen LogP contribution in [0, 0.1) is 0 Å². The fraction of sp³-hybridized carbons (Fsp3) is 0.632. The second kappa shape index (κ2) is 9.32. The third-order valence-electron chi connectivity index (χ3n) is 5.29. The molecule has 0 aliphatic carbocycles. The number of ether oxygens (including phenoxy) is 1. The number of carboxylic acids is 1. The molecule has 1 aromatic carbocycles. The van der Waals surface area contributed by atoms with Gasteiger partial charge in [-0.2, -0.15) is 0 Å². The van der Waals surface area contributed by atoms with Gasteiger partial charge < -0.3 is 20.3 Å². The summed E-state index contributed by atoms with van der Waals surface area (Å²) in [5.74, 6) is -0.503. The lowest BCUT2D eigenvalue weighted by atomic mass is 10.0. The molecule has 1 atom stereocenters. The number of β-amino-alcohol motifs (C(OH)–C–C–N with tert-alkyl or cyclic N) is 1. The van der Waals surface area contributed by atoms with Crippen molar-refractivity contribution in [2.45, 2.75) is 25.0 Å². The van der Waals surface area contributed by atoms with Crippen LogP contribution in [0.25, 0.3) is 0 Å². The number of carboxylic acid groups (broad SMARTS) is 1. The molecule has 0 amide bonds. The van der Waals surface area contributed by atoms with E-state index in [1.165, 1.54) is 12.8 Å². The Balaban J connectivity index is 1.43. The first kappa shape index (κ1) is 19.1. The van der Waals surface area contributed by atoms with Gasteiger partial charge in [-0.05, 0) is 43.6 Å². The van der Waals surface area contributed by atoms with Crippen molar-refractivity contribution in [2.24, 2.45) is 0 Å². The van der Waals surface area contributed by atoms with E-state index in [9.17, 15) is 9.90 Å². The van der Waals surface area contributed by atoms with Crippen LogP contribution in [0.3, 0.4) is 0 Å². The predicted octanol–water partition coefficient (Wildman–Crippen LogP) is 0.553. The second-order valence-electron chi connectivity index (χ2n) is 7.08. The SMILES string of the molecule is O=C(O)COc1ccc(C(O)CN2CCN(C3CCNCC3)CC2)cc1. The lowest BCUT2D eigenvalue weighted by molar-refractivity contribution is -0.139. The average Bonchev–Trinajstić information content (AvgIpc) is 2.68. The van der Waals surface area contributed by atoms with Crippen molar-refractivity contribution >= 4 is 5.97 Å². The van der Waals surface area contributed by atoms with Crippen molar-refractivity contribution < 1.29 is 19.7 Å². The predicted molar refractivity (Wildman–Crippen MR) is 98.4 cm³/mol. The smallest absolute Gasteiger partial charge is 0.341 e. The first-order chi connectivity index (χ1) is 12.6. The molecule has 3 rings (SSSR count). The maximum atomic E-state index is 10.5. The number of aliphatic carboxylic acids is 1. The van der Waals surface area contributed by atoms with Gasteiger partial charge in [0.15, 0.2) is 6.61 Å². The van der Waals surface area contributed by atoms with Crippen LogP contribution in [-0.2, 0) is 4.79 Å². The van der Waals surface area contributed by atoms with Gasteiger partial charge in [0.05, 0.1) is 6.10 Å². The average molecular weight is 363 g/mol. The maximum absolute atomic E-state index is 10.5. The van der Waals surface area contributed by atoms with Crippen molar-refractivity contribution in [1.29, 1.82) is 0 Å². The molecule has 2 aliphatic heterocycles. The Kier molecular flexibility index (Phi) is 6.85. The Morgan fingerprint density at radius 2 is 1.81 bits per heavy atom. The Bertz CT molecular complexity index is 567. The molecule has 2 fully saturated rings. The van der Waals surface area contributed by atoms with E-state index in [0.717, 1.165) is 44.8 Å². The van der Waals surface area contributed by atoms with Crippen LogP contribution in [0.15, 0.2) is 24.3 Å². The summed E-state index contributed by atoms with van der Waals surface area (Å²) < 4.78 is 5.12. The second-order valence-corrected chi connectivity index (χ2v) is 7.08. The van der Waals surface area contributed by atoms with E-state index < -0.39 is 12.1 Å². The van der Waals surface area contributed by atoms with E-state index in [2.05, 4.69) is 15.1 Å². The van der Waals surface area contributed by atoms with E-state index >= 15 is 0 Å². The van der Waals surface area contributed by atoms with E-state index in [4.69, 9.17) is 9.84 Å². The largest absolute Gasteiger partial charge is 0.482 e. The molecule has 1 aromatic rings. The number of rotatable bonds is 7. The first-order valence-corrected chi connectivity index (χ1v) is 9.41. The summed E-state index contributed by atoms with van der Waals surface area (Å²) in [5.41, 5.74) is 0.827. The summed E-state index contributed by atoms with van der Waals surface area (Å²) in [6, 6.07) is 7.72. The number of hydrogen-bond donors (Lipinski definition) is 3. The summed E-state index contributed by atoms with van der Waals surface area (Å²) in [4.78, 5) is 15.4. The summed E-state index contributed by atoms with van der Waals surface area (Å²) in [7, 11) is 0. The van der Waals surface area contributed by atoms with Gasteiger partial charge in [-0.1, -0.05) is 12.1 Å². The van der Waals surface area contributed by atoms with Gasteiger partial charge in [-0.3, -0.25) is 9.80 Å². The highest BCUT2D eigenvalue weighted by atomic mass is 16.5. The summed E-state index contributed by atoms with van der Waals surface area (Å²) in [6.07, 6.45) is 1.92. The maximum Gasteiger partial charge on any atom is 0.341 e. The number of piperidine rings is 1. The Hall–Kier alpha value is -1.67.